The van der Waals surface area contributed by atoms with Crippen LogP contribution in [-0.2, 0) is 51.2 Å². The van der Waals surface area contributed by atoms with Gasteiger partial charge in [0.15, 0.2) is 0 Å². The molecular formula is C44H67N9O11S. The van der Waals surface area contributed by atoms with Gasteiger partial charge in [0.2, 0.25) is 41.4 Å². The maximum Gasteiger partial charge on any atom is 0.326 e. The molecule has 0 radical (unpaired) electrons. The lowest BCUT2D eigenvalue weighted by atomic mass is 9.99. The van der Waals surface area contributed by atoms with Crippen molar-refractivity contribution in [2.45, 2.75) is 122 Å². The molecule has 0 saturated carbocycles. The van der Waals surface area contributed by atoms with Gasteiger partial charge in [-0.2, -0.15) is 12.6 Å². The number of amides is 7. The van der Waals surface area contributed by atoms with Crippen LogP contribution in [0.25, 0.3) is 0 Å². The molecule has 8 atom stereocenters. The van der Waals surface area contributed by atoms with Crippen LogP contribution in [0.15, 0.2) is 54.6 Å². The van der Waals surface area contributed by atoms with E-state index in [1.807, 2.05) is 13.8 Å². The van der Waals surface area contributed by atoms with Gasteiger partial charge in [-0.3, -0.25) is 33.6 Å². The maximum absolute atomic E-state index is 13.8. The number of carboxylic acid groups (broad SMARTS) is 1. The second kappa shape index (κ2) is 28.2. The fourth-order valence-corrected chi connectivity index (χ4v) is 6.66. The minimum absolute atomic E-state index is 0.0169. The van der Waals surface area contributed by atoms with E-state index in [-0.39, 0.29) is 43.1 Å². The lowest BCUT2D eigenvalue weighted by Gasteiger charge is -2.29. The van der Waals surface area contributed by atoms with Crippen LogP contribution in [0.5, 0.6) is 5.75 Å². The Morgan fingerprint density at radius 2 is 1.17 bits per heavy atom. The molecule has 360 valence electrons. The van der Waals surface area contributed by atoms with Crippen molar-refractivity contribution in [3.8, 4) is 5.75 Å². The molecule has 0 aromatic heterocycles. The number of benzene rings is 2. The average molecular weight is 930 g/mol. The summed E-state index contributed by atoms with van der Waals surface area (Å²) in [6.07, 6.45) is -0.182. The minimum atomic E-state index is -1.38. The topological polar surface area (TPSA) is 334 Å². The smallest absolute Gasteiger partial charge is 0.326 e. The van der Waals surface area contributed by atoms with Crippen LogP contribution in [0.2, 0.25) is 0 Å². The monoisotopic (exact) mass is 929 g/mol. The van der Waals surface area contributed by atoms with Gasteiger partial charge in [-0.25, -0.2) is 4.79 Å². The van der Waals surface area contributed by atoms with Crippen molar-refractivity contribution in [2.75, 3.05) is 18.8 Å². The summed E-state index contributed by atoms with van der Waals surface area (Å²) < 4.78 is 0. The quantitative estimate of drug-likeness (QED) is 0.0351. The van der Waals surface area contributed by atoms with E-state index in [9.17, 15) is 53.7 Å². The Hall–Kier alpha value is -5.77. The van der Waals surface area contributed by atoms with Gasteiger partial charge >= 0.3 is 5.97 Å². The number of phenolic OH excluding ortho intramolecular Hbond substituents is 1. The second-order valence-electron chi connectivity index (χ2n) is 16.6. The number of phenols is 1. The molecule has 2 rings (SSSR count). The van der Waals surface area contributed by atoms with Crippen LogP contribution >= 0.6 is 12.6 Å². The first-order valence-electron chi connectivity index (χ1n) is 21.5. The standard InChI is InChI=1S/C44H67N9O11S/c1-24(2)19-31(50-41(60)34(23-65)52-42(61)36(46)26(5)54)40(59)53-37(25(3)4)43(62)49-30(13-9-10-18-45)38(57)47-22-35(56)48-32(20-27-11-7-6-8-12-27)39(58)51-33(44(63)64)21-28-14-16-29(55)17-15-28/h6-8,11-12,14-17,24-26,30-34,36-37,54-55,65H,9-10,13,18-23,45-46H2,1-5H3,(H,47,57)(H,48,56)(H,49,62)(H,50,60)(H,51,58)(H,52,61)(H,53,59)(H,63,64)/t26-,30+,31+,32+,33+,34+,36+,37+/m1/s1. The number of hydrogen-bond donors (Lipinski definition) is 13. The van der Waals surface area contributed by atoms with Crippen LogP contribution in [-0.4, -0.2) is 130 Å². The van der Waals surface area contributed by atoms with Crippen molar-refractivity contribution < 1.29 is 53.7 Å². The first-order valence-corrected chi connectivity index (χ1v) is 22.2. The largest absolute Gasteiger partial charge is 0.508 e. The highest BCUT2D eigenvalue weighted by atomic mass is 32.1. The van der Waals surface area contributed by atoms with Gasteiger partial charge in [-0.05, 0) is 74.2 Å². The van der Waals surface area contributed by atoms with E-state index in [4.69, 9.17) is 11.5 Å². The van der Waals surface area contributed by atoms with Gasteiger partial charge in [-0.1, -0.05) is 70.2 Å². The van der Waals surface area contributed by atoms with E-state index in [1.165, 1.54) is 31.2 Å². The third-order valence-electron chi connectivity index (χ3n) is 10.2. The van der Waals surface area contributed by atoms with Gasteiger partial charge in [0.05, 0.1) is 12.6 Å². The van der Waals surface area contributed by atoms with Gasteiger partial charge in [0.25, 0.3) is 0 Å². The Morgan fingerprint density at radius 3 is 1.72 bits per heavy atom. The number of aliphatic hydroxyl groups is 1. The molecule has 0 aliphatic heterocycles. The van der Waals surface area contributed by atoms with Crippen molar-refractivity contribution in [3.05, 3.63) is 65.7 Å². The molecule has 0 spiro atoms. The number of hydrogen-bond acceptors (Lipinski definition) is 13. The molecule has 7 amide bonds. The number of carboxylic acids is 1. The Morgan fingerprint density at radius 1 is 0.631 bits per heavy atom. The molecule has 2 aromatic rings. The Balaban J connectivity index is 2.21. The van der Waals surface area contributed by atoms with E-state index in [2.05, 4.69) is 49.8 Å². The number of thiol groups is 1. The Bertz CT molecular complexity index is 1890. The molecular weight excluding hydrogens is 863 g/mol. The molecule has 0 aliphatic carbocycles. The van der Waals surface area contributed by atoms with Gasteiger partial charge in [0.1, 0.15) is 48.0 Å². The number of rotatable bonds is 28. The third-order valence-corrected chi connectivity index (χ3v) is 10.5. The summed E-state index contributed by atoms with van der Waals surface area (Å²) in [6, 6.07) is 5.75. The molecule has 0 aliphatic rings. The zero-order valence-corrected chi connectivity index (χ0v) is 38.4. The van der Waals surface area contributed by atoms with Crippen LogP contribution < -0.4 is 48.7 Å². The molecule has 0 heterocycles. The van der Waals surface area contributed by atoms with Crippen molar-refractivity contribution in [3.63, 3.8) is 0 Å². The summed E-state index contributed by atoms with van der Waals surface area (Å²) in [7, 11) is 0. The number of nitrogens with two attached hydrogens (primary N) is 2. The summed E-state index contributed by atoms with van der Waals surface area (Å²) in [5.74, 6) is -7.46. The van der Waals surface area contributed by atoms with Crippen LogP contribution in [0.1, 0.15) is 71.4 Å². The first kappa shape index (κ1) is 55.4. The van der Waals surface area contributed by atoms with Crippen molar-refractivity contribution in [2.24, 2.45) is 23.3 Å². The molecule has 0 bridgehead atoms. The number of unbranched alkanes of at least 4 members (excludes halogenated alkanes) is 1. The third kappa shape index (κ3) is 19.9. The van der Waals surface area contributed by atoms with Crippen LogP contribution in [0.4, 0.5) is 0 Å². The fourth-order valence-electron chi connectivity index (χ4n) is 6.40. The fraction of sp³-hybridized carbons (Fsp3) is 0.545. The molecule has 20 nitrogen and oxygen atoms in total. The minimum Gasteiger partial charge on any atom is -0.508 e. The number of aliphatic hydroxyl groups excluding tert-OH is 1. The van der Waals surface area contributed by atoms with Crippen molar-refractivity contribution in [1.82, 2.24) is 37.2 Å². The summed E-state index contributed by atoms with van der Waals surface area (Å²) in [5, 5.41) is 47.1. The summed E-state index contributed by atoms with van der Waals surface area (Å²) in [5.41, 5.74) is 12.6. The summed E-state index contributed by atoms with van der Waals surface area (Å²) in [6.45, 7) is 7.95. The van der Waals surface area contributed by atoms with Gasteiger partial charge in [0, 0.05) is 18.6 Å². The molecule has 14 N–H and O–H groups in total. The predicted molar refractivity (Wildman–Crippen MR) is 245 cm³/mol. The zero-order valence-electron chi connectivity index (χ0n) is 37.5. The maximum atomic E-state index is 13.8. The van der Waals surface area contributed by atoms with E-state index < -0.39 is 108 Å². The van der Waals surface area contributed by atoms with Crippen molar-refractivity contribution >= 4 is 59.9 Å². The van der Waals surface area contributed by atoms with Crippen LogP contribution in [0, 0.1) is 11.8 Å². The average Bonchev–Trinajstić information content (AvgIpc) is 3.25. The number of carbonyl (C=O) groups excluding carboxylic acids is 7. The molecule has 0 saturated heterocycles. The molecule has 65 heavy (non-hydrogen) atoms. The number of aromatic hydroxyl groups is 1. The lowest BCUT2D eigenvalue weighted by Crippen LogP contribution is -2.60. The number of carbonyl (C=O) groups is 8. The SMILES string of the molecule is CC(C)C[C@H](NC(=O)[C@H](CS)NC(=O)[C@@H](N)[C@@H](C)O)C(=O)N[C@H](C(=O)N[C@@H](CCCCN)C(=O)NCC(=O)N[C@@H](Cc1ccccc1)C(=O)N[C@@H](Cc1ccc(O)cc1)C(=O)O)C(C)C. The molecule has 0 unspecified atom stereocenters. The first-order chi connectivity index (χ1) is 30.7. The second-order valence-corrected chi connectivity index (χ2v) is 16.9. The molecule has 0 fully saturated rings. The zero-order chi connectivity index (χ0) is 48.8. The Labute approximate surface area is 385 Å². The lowest BCUT2D eigenvalue weighted by molar-refractivity contribution is -0.142. The van der Waals surface area contributed by atoms with Gasteiger partial charge < -0.3 is 64.0 Å². The highest BCUT2D eigenvalue weighted by Crippen LogP contribution is 2.13. The summed E-state index contributed by atoms with van der Waals surface area (Å²) in [4.78, 5) is 106. The van der Waals surface area contributed by atoms with E-state index in [0.717, 1.165) is 0 Å². The van der Waals surface area contributed by atoms with Crippen LogP contribution in [0.3, 0.4) is 0 Å². The van der Waals surface area contributed by atoms with E-state index in [1.54, 1.807) is 44.2 Å². The Kier molecular flexibility index (Phi) is 24.0. The highest BCUT2D eigenvalue weighted by molar-refractivity contribution is 7.80. The number of aliphatic carboxylic acids is 1. The number of nitrogens with one attached hydrogen (secondary N) is 7. The van der Waals surface area contributed by atoms with Gasteiger partial charge in [-0.15, -0.1) is 0 Å². The van der Waals surface area contributed by atoms with Crippen molar-refractivity contribution in [1.29, 1.82) is 0 Å². The van der Waals surface area contributed by atoms with E-state index >= 15 is 0 Å². The summed E-state index contributed by atoms with van der Waals surface area (Å²) >= 11 is 4.15. The molecule has 2 aromatic carbocycles. The predicted octanol–water partition coefficient (Wildman–Crippen LogP) is -1.24. The highest BCUT2D eigenvalue weighted by Gasteiger charge is 2.34. The van der Waals surface area contributed by atoms with E-state index in [0.29, 0.717) is 30.5 Å². The molecule has 21 heteroatoms. The normalized spacial score (nSPS) is 14.9.